The SMILES string of the molecule is Cc1ccc(N(C)c2nc3c(s2)C(=O)CC(C)(C)C3)cc1. The van der Waals surface area contributed by atoms with Crippen LogP contribution in [0.3, 0.4) is 0 Å². The molecule has 1 aliphatic carbocycles. The van der Waals surface area contributed by atoms with E-state index in [1.165, 1.54) is 16.9 Å². The largest absolute Gasteiger partial charge is 0.321 e. The van der Waals surface area contributed by atoms with E-state index in [0.717, 1.165) is 27.8 Å². The molecule has 0 saturated carbocycles. The van der Waals surface area contributed by atoms with Crippen LogP contribution in [0.15, 0.2) is 24.3 Å². The number of carbonyl (C=O) groups is 1. The van der Waals surface area contributed by atoms with Crippen LogP contribution >= 0.6 is 11.3 Å². The van der Waals surface area contributed by atoms with Gasteiger partial charge < -0.3 is 4.90 Å². The van der Waals surface area contributed by atoms with Crippen molar-refractivity contribution in [2.24, 2.45) is 5.41 Å². The lowest BCUT2D eigenvalue weighted by Gasteiger charge is -2.26. The summed E-state index contributed by atoms with van der Waals surface area (Å²) in [5, 5.41) is 0.898. The monoisotopic (exact) mass is 300 g/mol. The van der Waals surface area contributed by atoms with E-state index in [-0.39, 0.29) is 11.2 Å². The fourth-order valence-corrected chi connectivity index (χ4v) is 3.73. The third-order valence-electron chi connectivity index (χ3n) is 3.93. The van der Waals surface area contributed by atoms with E-state index in [1.807, 2.05) is 7.05 Å². The van der Waals surface area contributed by atoms with Gasteiger partial charge in [-0.3, -0.25) is 4.79 Å². The molecule has 3 rings (SSSR count). The zero-order chi connectivity index (χ0) is 15.2. The Labute approximate surface area is 129 Å². The number of fused-ring (bicyclic) bond motifs is 1. The van der Waals surface area contributed by atoms with Crippen molar-refractivity contribution in [2.45, 2.75) is 33.6 Å². The first kappa shape index (κ1) is 14.3. The van der Waals surface area contributed by atoms with Crippen molar-refractivity contribution in [1.82, 2.24) is 4.98 Å². The lowest BCUT2D eigenvalue weighted by atomic mass is 9.78. The van der Waals surface area contributed by atoms with Crippen molar-refractivity contribution in [1.29, 1.82) is 0 Å². The number of Topliss-reactive ketones (excluding diaryl/α,β-unsaturated/α-hetero) is 1. The Morgan fingerprint density at radius 3 is 2.52 bits per heavy atom. The standard InChI is InChI=1S/C17H20N2OS/c1-11-5-7-12(8-6-11)19(4)16-18-13-9-17(2,3)10-14(20)15(13)21-16/h5-8H,9-10H2,1-4H3. The first-order valence-corrected chi connectivity index (χ1v) is 8.01. The number of thiazole rings is 1. The van der Waals surface area contributed by atoms with Crippen LogP contribution in [0.2, 0.25) is 0 Å². The van der Waals surface area contributed by atoms with Crippen LogP contribution in [0.25, 0.3) is 0 Å². The Morgan fingerprint density at radius 1 is 1.19 bits per heavy atom. The molecule has 1 heterocycles. The van der Waals surface area contributed by atoms with Crippen LogP contribution in [0.1, 0.15) is 41.2 Å². The topological polar surface area (TPSA) is 33.2 Å². The average molecular weight is 300 g/mol. The molecule has 1 aliphatic rings. The van der Waals surface area contributed by atoms with Crippen molar-refractivity contribution in [3.8, 4) is 0 Å². The molecule has 0 bridgehead atoms. The maximum atomic E-state index is 12.3. The summed E-state index contributed by atoms with van der Waals surface area (Å²) in [6, 6.07) is 8.35. The van der Waals surface area contributed by atoms with Gasteiger partial charge >= 0.3 is 0 Å². The molecule has 21 heavy (non-hydrogen) atoms. The normalized spacial score (nSPS) is 16.7. The highest BCUT2D eigenvalue weighted by Crippen LogP contribution is 2.40. The number of aryl methyl sites for hydroxylation is 1. The molecule has 110 valence electrons. The van der Waals surface area contributed by atoms with Crippen LogP contribution in [-0.4, -0.2) is 17.8 Å². The molecule has 0 unspecified atom stereocenters. The number of nitrogens with zero attached hydrogens (tertiary/aromatic N) is 2. The minimum absolute atomic E-state index is 0.0257. The molecular weight excluding hydrogens is 280 g/mol. The van der Waals surface area contributed by atoms with E-state index >= 15 is 0 Å². The first-order chi connectivity index (χ1) is 9.85. The Morgan fingerprint density at radius 2 is 1.86 bits per heavy atom. The molecule has 0 N–H and O–H groups in total. The number of carbonyl (C=O) groups excluding carboxylic acids is 1. The van der Waals surface area contributed by atoms with Crippen molar-refractivity contribution >= 4 is 27.9 Å². The average Bonchev–Trinajstić information content (AvgIpc) is 2.81. The van der Waals surface area contributed by atoms with Gasteiger partial charge in [-0.25, -0.2) is 4.98 Å². The summed E-state index contributed by atoms with van der Waals surface area (Å²) in [6.07, 6.45) is 1.50. The van der Waals surface area contributed by atoms with Crippen molar-refractivity contribution in [3.05, 3.63) is 40.4 Å². The molecule has 0 saturated heterocycles. The second-order valence-electron chi connectivity index (χ2n) is 6.61. The summed E-state index contributed by atoms with van der Waals surface area (Å²) in [5.74, 6) is 0.238. The Bertz CT molecular complexity index is 685. The fourth-order valence-electron chi connectivity index (χ4n) is 2.73. The third kappa shape index (κ3) is 2.72. The summed E-state index contributed by atoms with van der Waals surface area (Å²) < 4.78 is 0. The number of rotatable bonds is 2. The van der Waals surface area contributed by atoms with Gasteiger partial charge in [0.05, 0.1) is 10.6 Å². The minimum Gasteiger partial charge on any atom is -0.321 e. The van der Waals surface area contributed by atoms with E-state index in [4.69, 9.17) is 4.98 Å². The smallest absolute Gasteiger partial charge is 0.190 e. The van der Waals surface area contributed by atoms with Crippen molar-refractivity contribution in [2.75, 3.05) is 11.9 Å². The predicted molar refractivity (Wildman–Crippen MR) is 87.8 cm³/mol. The molecule has 0 radical (unpaired) electrons. The van der Waals surface area contributed by atoms with Gasteiger partial charge in [0.25, 0.3) is 0 Å². The summed E-state index contributed by atoms with van der Waals surface area (Å²) in [7, 11) is 2.00. The quantitative estimate of drug-likeness (QED) is 0.825. The highest BCUT2D eigenvalue weighted by molar-refractivity contribution is 7.17. The van der Waals surface area contributed by atoms with E-state index in [9.17, 15) is 4.79 Å². The Kier molecular flexibility index (Phi) is 3.36. The van der Waals surface area contributed by atoms with Gasteiger partial charge in [0.15, 0.2) is 10.9 Å². The molecule has 2 aromatic rings. The molecule has 0 atom stereocenters. The van der Waals surface area contributed by atoms with Gasteiger partial charge in [0.2, 0.25) is 0 Å². The molecule has 4 heteroatoms. The highest BCUT2D eigenvalue weighted by Gasteiger charge is 2.34. The van der Waals surface area contributed by atoms with Gasteiger partial charge in [0.1, 0.15) is 0 Å². The summed E-state index contributed by atoms with van der Waals surface area (Å²) in [5.41, 5.74) is 3.33. The zero-order valence-corrected chi connectivity index (χ0v) is 13.8. The minimum atomic E-state index is 0.0257. The Balaban J connectivity index is 1.94. The predicted octanol–water partition coefficient (Wildman–Crippen LogP) is 4.37. The van der Waals surface area contributed by atoms with Gasteiger partial charge in [-0.1, -0.05) is 42.9 Å². The third-order valence-corrected chi connectivity index (χ3v) is 5.15. The molecule has 0 amide bonds. The molecule has 0 fully saturated rings. The van der Waals surface area contributed by atoms with Crippen molar-refractivity contribution in [3.63, 3.8) is 0 Å². The maximum absolute atomic E-state index is 12.3. The molecule has 3 nitrogen and oxygen atoms in total. The van der Waals surface area contributed by atoms with Crippen LogP contribution in [0.4, 0.5) is 10.8 Å². The van der Waals surface area contributed by atoms with Crippen LogP contribution in [-0.2, 0) is 6.42 Å². The van der Waals surface area contributed by atoms with E-state index in [1.54, 1.807) is 0 Å². The zero-order valence-electron chi connectivity index (χ0n) is 12.9. The molecule has 0 aliphatic heterocycles. The van der Waals surface area contributed by atoms with Gasteiger partial charge in [-0.15, -0.1) is 0 Å². The van der Waals surface area contributed by atoms with Gasteiger partial charge in [0, 0.05) is 19.2 Å². The molecule has 0 spiro atoms. The summed E-state index contributed by atoms with van der Waals surface area (Å²) in [4.78, 5) is 19.9. The lowest BCUT2D eigenvalue weighted by Crippen LogP contribution is -2.26. The highest BCUT2D eigenvalue weighted by atomic mass is 32.1. The van der Waals surface area contributed by atoms with Crippen LogP contribution < -0.4 is 4.90 Å². The van der Waals surface area contributed by atoms with Crippen LogP contribution in [0, 0.1) is 12.3 Å². The molecule has 1 aromatic carbocycles. The summed E-state index contributed by atoms with van der Waals surface area (Å²) >= 11 is 1.52. The second kappa shape index (κ2) is 4.95. The second-order valence-corrected chi connectivity index (χ2v) is 7.59. The first-order valence-electron chi connectivity index (χ1n) is 7.19. The van der Waals surface area contributed by atoms with Crippen LogP contribution in [0.5, 0.6) is 0 Å². The lowest BCUT2D eigenvalue weighted by molar-refractivity contribution is 0.0916. The molecule has 1 aromatic heterocycles. The summed E-state index contributed by atoms with van der Waals surface area (Å²) in [6.45, 7) is 6.35. The number of hydrogen-bond donors (Lipinski definition) is 0. The fraction of sp³-hybridized carbons (Fsp3) is 0.412. The van der Waals surface area contributed by atoms with E-state index < -0.39 is 0 Å². The number of ketones is 1. The number of anilines is 2. The number of hydrogen-bond acceptors (Lipinski definition) is 4. The van der Waals surface area contributed by atoms with E-state index in [2.05, 4.69) is 49.9 Å². The maximum Gasteiger partial charge on any atom is 0.190 e. The van der Waals surface area contributed by atoms with E-state index in [0.29, 0.717) is 6.42 Å². The molecular formula is C17H20N2OS. The number of benzene rings is 1. The Hall–Kier alpha value is -1.68. The van der Waals surface area contributed by atoms with Gasteiger partial charge in [-0.2, -0.15) is 0 Å². The van der Waals surface area contributed by atoms with Gasteiger partial charge in [-0.05, 0) is 30.9 Å². The van der Waals surface area contributed by atoms with Crippen molar-refractivity contribution < 1.29 is 4.79 Å². The number of aromatic nitrogens is 1.